The molecule has 28 heavy (non-hydrogen) atoms. The molecule has 0 aliphatic rings. The summed E-state index contributed by atoms with van der Waals surface area (Å²) in [6.07, 6.45) is 6.65. The molecule has 0 bridgehead atoms. The number of nitriles is 1. The Labute approximate surface area is 173 Å². The van der Waals surface area contributed by atoms with Crippen molar-refractivity contribution in [3.63, 3.8) is 0 Å². The summed E-state index contributed by atoms with van der Waals surface area (Å²) in [5.41, 5.74) is 0.875. The van der Waals surface area contributed by atoms with Gasteiger partial charge in [0.2, 0.25) is 0 Å². The van der Waals surface area contributed by atoms with Crippen LogP contribution in [0.15, 0.2) is 42.0 Å². The summed E-state index contributed by atoms with van der Waals surface area (Å²) in [7, 11) is 0. The molecular weight excluding hydrogens is 399 g/mol. The SMILES string of the molecule is C#CCOc1ccc(/C=C(\C#N)C(=O)Nc2cc(Cl)cc(Cl)c2)cc1OCC. The molecule has 0 atom stereocenters. The molecule has 2 aromatic carbocycles. The standard InChI is InChI=1S/C21H16Cl2N2O3/c1-3-7-28-19-6-5-14(9-20(19)27-4-2)8-15(13-24)21(26)25-18-11-16(22)10-17(23)12-18/h1,5-6,8-12H,4,7H2,2H3,(H,25,26)/b15-8+. The van der Waals surface area contributed by atoms with Gasteiger partial charge in [0, 0.05) is 15.7 Å². The third-order valence-corrected chi connectivity index (χ3v) is 3.81. The molecular formula is C21H16Cl2N2O3. The van der Waals surface area contributed by atoms with Crippen LogP contribution in [0, 0.1) is 23.7 Å². The van der Waals surface area contributed by atoms with Crippen LogP contribution in [-0.4, -0.2) is 19.1 Å². The number of rotatable bonds is 7. The van der Waals surface area contributed by atoms with Gasteiger partial charge in [-0.25, -0.2) is 0 Å². The zero-order valence-electron chi connectivity index (χ0n) is 15.0. The number of halogens is 2. The fourth-order valence-corrected chi connectivity index (χ4v) is 2.79. The smallest absolute Gasteiger partial charge is 0.266 e. The molecule has 2 aromatic rings. The van der Waals surface area contributed by atoms with Gasteiger partial charge < -0.3 is 14.8 Å². The molecule has 2 rings (SSSR count). The summed E-state index contributed by atoms with van der Waals surface area (Å²) in [5.74, 6) is 2.74. The van der Waals surface area contributed by atoms with E-state index < -0.39 is 5.91 Å². The predicted octanol–water partition coefficient (Wildman–Crippen LogP) is 4.95. The molecule has 0 unspecified atom stereocenters. The zero-order valence-corrected chi connectivity index (χ0v) is 16.5. The van der Waals surface area contributed by atoms with E-state index in [0.29, 0.717) is 39.4 Å². The number of carbonyl (C=O) groups excluding carboxylic acids is 1. The molecule has 5 nitrogen and oxygen atoms in total. The highest BCUT2D eigenvalue weighted by molar-refractivity contribution is 6.35. The van der Waals surface area contributed by atoms with E-state index >= 15 is 0 Å². The molecule has 0 aliphatic carbocycles. The highest BCUT2D eigenvalue weighted by Crippen LogP contribution is 2.29. The number of ether oxygens (including phenoxy) is 2. The van der Waals surface area contributed by atoms with Gasteiger partial charge in [-0.1, -0.05) is 35.2 Å². The summed E-state index contributed by atoms with van der Waals surface area (Å²) in [5, 5.41) is 12.7. The van der Waals surface area contributed by atoms with Gasteiger partial charge in [-0.15, -0.1) is 6.42 Å². The van der Waals surface area contributed by atoms with Crippen molar-refractivity contribution < 1.29 is 14.3 Å². The number of hydrogen-bond acceptors (Lipinski definition) is 4. The van der Waals surface area contributed by atoms with Crippen LogP contribution in [0.4, 0.5) is 5.69 Å². The van der Waals surface area contributed by atoms with Gasteiger partial charge in [0.1, 0.15) is 18.2 Å². The van der Waals surface area contributed by atoms with E-state index in [0.717, 1.165) is 0 Å². The number of nitrogens with zero attached hydrogens (tertiary/aromatic N) is 1. The molecule has 0 saturated carbocycles. The quantitative estimate of drug-likeness (QED) is 0.395. The van der Waals surface area contributed by atoms with Crippen molar-refractivity contribution in [1.82, 2.24) is 0 Å². The number of terminal acetylenes is 1. The molecule has 0 spiro atoms. The van der Waals surface area contributed by atoms with Crippen LogP contribution in [0.1, 0.15) is 12.5 Å². The second-order valence-electron chi connectivity index (χ2n) is 5.41. The van der Waals surface area contributed by atoms with Gasteiger partial charge >= 0.3 is 0 Å². The average molecular weight is 415 g/mol. The Morgan fingerprint density at radius 1 is 1.18 bits per heavy atom. The first-order valence-corrected chi connectivity index (χ1v) is 8.94. The minimum absolute atomic E-state index is 0.101. The van der Waals surface area contributed by atoms with Crippen molar-refractivity contribution in [2.24, 2.45) is 0 Å². The maximum atomic E-state index is 12.4. The first-order valence-electron chi connectivity index (χ1n) is 8.19. The highest BCUT2D eigenvalue weighted by atomic mass is 35.5. The highest BCUT2D eigenvalue weighted by Gasteiger charge is 2.12. The third kappa shape index (κ3) is 5.96. The van der Waals surface area contributed by atoms with E-state index in [1.54, 1.807) is 24.3 Å². The van der Waals surface area contributed by atoms with E-state index in [-0.39, 0.29) is 12.2 Å². The first kappa shape index (κ1) is 21.2. The lowest BCUT2D eigenvalue weighted by Crippen LogP contribution is -2.13. The Kier molecular flexibility index (Phi) is 7.77. The van der Waals surface area contributed by atoms with Gasteiger partial charge in [0.15, 0.2) is 11.5 Å². The number of hydrogen-bond donors (Lipinski definition) is 1. The lowest BCUT2D eigenvalue weighted by Gasteiger charge is -2.11. The average Bonchev–Trinajstić information content (AvgIpc) is 2.64. The zero-order chi connectivity index (χ0) is 20.5. The van der Waals surface area contributed by atoms with Crippen molar-refractivity contribution >= 4 is 40.9 Å². The van der Waals surface area contributed by atoms with Crippen LogP contribution in [-0.2, 0) is 4.79 Å². The van der Waals surface area contributed by atoms with Crippen molar-refractivity contribution in [2.45, 2.75) is 6.92 Å². The Bertz CT molecular complexity index is 968. The Morgan fingerprint density at radius 2 is 1.89 bits per heavy atom. The van der Waals surface area contributed by atoms with Gasteiger partial charge in [0.25, 0.3) is 5.91 Å². The molecule has 0 heterocycles. The molecule has 0 saturated heterocycles. The first-order chi connectivity index (χ1) is 13.5. The van der Waals surface area contributed by atoms with Gasteiger partial charge in [-0.3, -0.25) is 4.79 Å². The Balaban J connectivity index is 2.27. The van der Waals surface area contributed by atoms with Crippen LogP contribution in [0.3, 0.4) is 0 Å². The molecule has 0 fully saturated rings. The van der Waals surface area contributed by atoms with Crippen molar-refractivity contribution in [3.05, 3.63) is 57.6 Å². The maximum Gasteiger partial charge on any atom is 0.266 e. The largest absolute Gasteiger partial charge is 0.490 e. The molecule has 0 radical (unpaired) electrons. The van der Waals surface area contributed by atoms with Crippen molar-refractivity contribution in [2.75, 3.05) is 18.5 Å². The maximum absolute atomic E-state index is 12.4. The summed E-state index contributed by atoms with van der Waals surface area (Å²) >= 11 is 11.8. The van der Waals surface area contributed by atoms with Crippen molar-refractivity contribution in [3.8, 4) is 29.9 Å². The number of amides is 1. The summed E-state index contributed by atoms with van der Waals surface area (Å²) in [6.45, 7) is 2.35. The number of benzene rings is 2. The van der Waals surface area contributed by atoms with E-state index in [1.807, 2.05) is 13.0 Å². The second-order valence-corrected chi connectivity index (χ2v) is 6.29. The molecule has 0 aliphatic heterocycles. The van der Waals surface area contributed by atoms with Gasteiger partial charge in [-0.05, 0) is 48.9 Å². The third-order valence-electron chi connectivity index (χ3n) is 3.38. The fourth-order valence-electron chi connectivity index (χ4n) is 2.26. The fraction of sp³-hybridized carbons (Fsp3) is 0.143. The normalized spacial score (nSPS) is 10.5. The van der Waals surface area contributed by atoms with E-state index in [4.69, 9.17) is 39.1 Å². The van der Waals surface area contributed by atoms with Crippen LogP contribution < -0.4 is 14.8 Å². The molecule has 1 N–H and O–H groups in total. The molecule has 142 valence electrons. The summed E-state index contributed by atoms with van der Waals surface area (Å²) < 4.78 is 11.0. The minimum Gasteiger partial charge on any atom is -0.490 e. The topological polar surface area (TPSA) is 71.3 Å². The van der Waals surface area contributed by atoms with Crippen LogP contribution in [0.2, 0.25) is 10.0 Å². The van der Waals surface area contributed by atoms with E-state index in [9.17, 15) is 10.1 Å². The molecule has 7 heteroatoms. The molecule has 0 aromatic heterocycles. The number of nitrogens with one attached hydrogen (secondary N) is 1. The Morgan fingerprint density at radius 3 is 2.50 bits per heavy atom. The Hall–Kier alpha value is -3.12. The summed E-state index contributed by atoms with van der Waals surface area (Å²) in [4.78, 5) is 12.4. The summed E-state index contributed by atoms with van der Waals surface area (Å²) in [6, 6.07) is 11.5. The monoisotopic (exact) mass is 414 g/mol. The number of anilines is 1. The van der Waals surface area contributed by atoms with Crippen LogP contribution in [0.25, 0.3) is 6.08 Å². The predicted molar refractivity (Wildman–Crippen MR) is 111 cm³/mol. The minimum atomic E-state index is -0.591. The van der Waals surface area contributed by atoms with E-state index in [2.05, 4.69) is 11.2 Å². The van der Waals surface area contributed by atoms with E-state index in [1.165, 1.54) is 18.2 Å². The van der Waals surface area contributed by atoms with Gasteiger partial charge in [-0.2, -0.15) is 5.26 Å². The second kappa shape index (κ2) is 10.3. The van der Waals surface area contributed by atoms with Crippen molar-refractivity contribution in [1.29, 1.82) is 5.26 Å². The van der Waals surface area contributed by atoms with Crippen LogP contribution >= 0.6 is 23.2 Å². The lowest BCUT2D eigenvalue weighted by atomic mass is 10.1. The molecule has 1 amide bonds. The van der Waals surface area contributed by atoms with Gasteiger partial charge in [0.05, 0.1) is 6.61 Å². The van der Waals surface area contributed by atoms with Crippen LogP contribution in [0.5, 0.6) is 11.5 Å². The lowest BCUT2D eigenvalue weighted by molar-refractivity contribution is -0.112. The number of carbonyl (C=O) groups is 1.